The van der Waals surface area contributed by atoms with E-state index in [1.54, 1.807) is 0 Å². The maximum atomic E-state index is 12.6. The Morgan fingerprint density at radius 2 is 1.75 bits per heavy atom. The number of ketones is 1. The fraction of sp³-hybridized carbons (Fsp3) is 0.938. The first-order valence-electron chi connectivity index (χ1n) is 7.89. The predicted molar refractivity (Wildman–Crippen MR) is 76.5 cm³/mol. The molecule has 114 valence electrons. The van der Waals surface area contributed by atoms with Crippen LogP contribution in [0.15, 0.2) is 0 Å². The van der Waals surface area contributed by atoms with Crippen molar-refractivity contribution in [1.82, 2.24) is 4.90 Å². The molecule has 3 heterocycles. The number of Topliss-reactive ketones (excluding diaryl/α,β-unsaturated/α-hetero) is 1. The third-order valence-electron chi connectivity index (χ3n) is 5.52. The van der Waals surface area contributed by atoms with Crippen LogP contribution in [0.3, 0.4) is 0 Å². The summed E-state index contributed by atoms with van der Waals surface area (Å²) in [5.74, 6) is 0.170. The molecular formula is C16H27NO3. The van der Waals surface area contributed by atoms with Gasteiger partial charge in [-0.3, -0.25) is 9.69 Å². The Hall–Kier alpha value is -0.450. The largest absolute Gasteiger partial charge is 0.393 e. The molecule has 0 radical (unpaired) electrons. The fourth-order valence-electron chi connectivity index (χ4n) is 4.57. The molecule has 2 bridgehead atoms. The number of aliphatic hydroxyl groups excluding tert-OH is 1. The highest BCUT2D eigenvalue weighted by Crippen LogP contribution is 2.43. The maximum Gasteiger partial charge on any atom is 0.171 e. The van der Waals surface area contributed by atoms with E-state index in [1.165, 1.54) is 0 Å². The number of hydrogen-bond donors (Lipinski definition) is 1. The number of piperidine rings is 1. The average molecular weight is 281 g/mol. The van der Waals surface area contributed by atoms with Crippen LogP contribution >= 0.6 is 0 Å². The van der Waals surface area contributed by atoms with Crippen LogP contribution in [0.1, 0.15) is 53.4 Å². The van der Waals surface area contributed by atoms with Crippen molar-refractivity contribution in [3.63, 3.8) is 0 Å². The number of fused-ring (bicyclic) bond motifs is 2. The zero-order chi connectivity index (χ0) is 14.7. The molecule has 0 saturated carbocycles. The van der Waals surface area contributed by atoms with Crippen molar-refractivity contribution in [2.24, 2.45) is 5.92 Å². The summed E-state index contributed by atoms with van der Waals surface area (Å²) in [6.45, 7) is 8.62. The lowest BCUT2D eigenvalue weighted by Crippen LogP contribution is -2.50. The molecule has 0 aromatic heterocycles. The maximum absolute atomic E-state index is 12.6. The third-order valence-corrected chi connectivity index (χ3v) is 5.52. The van der Waals surface area contributed by atoms with Gasteiger partial charge in [0.2, 0.25) is 0 Å². The van der Waals surface area contributed by atoms with E-state index >= 15 is 0 Å². The van der Waals surface area contributed by atoms with Gasteiger partial charge in [-0.2, -0.15) is 0 Å². The van der Waals surface area contributed by atoms with E-state index in [4.69, 9.17) is 4.74 Å². The van der Waals surface area contributed by atoms with Crippen molar-refractivity contribution in [2.45, 2.75) is 82.8 Å². The van der Waals surface area contributed by atoms with Gasteiger partial charge in [0.1, 0.15) is 5.60 Å². The Kier molecular flexibility index (Phi) is 3.27. The first kappa shape index (κ1) is 14.5. The van der Waals surface area contributed by atoms with Crippen LogP contribution in [0.2, 0.25) is 0 Å². The van der Waals surface area contributed by atoms with Gasteiger partial charge in [-0.1, -0.05) is 0 Å². The molecule has 0 aromatic carbocycles. The third kappa shape index (κ3) is 2.22. The van der Waals surface area contributed by atoms with E-state index in [0.717, 1.165) is 32.2 Å². The number of carbonyl (C=O) groups excluding carboxylic acids is 1. The molecule has 20 heavy (non-hydrogen) atoms. The van der Waals surface area contributed by atoms with Crippen LogP contribution in [0.5, 0.6) is 0 Å². The van der Waals surface area contributed by atoms with Crippen molar-refractivity contribution in [3.8, 4) is 0 Å². The molecule has 1 N–H and O–H groups in total. The van der Waals surface area contributed by atoms with Crippen LogP contribution < -0.4 is 0 Å². The second kappa shape index (κ2) is 4.52. The lowest BCUT2D eigenvalue weighted by Gasteiger charge is -2.40. The topological polar surface area (TPSA) is 49.8 Å². The van der Waals surface area contributed by atoms with E-state index in [2.05, 4.69) is 4.90 Å². The van der Waals surface area contributed by atoms with E-state index in [1.807, 2.05) is 27.7 Å². The van der Waals surface area contributed by atoms with Crippen molar-refractivity contribution < 1.29 is 14.6 Å². The zero-order valence-electron chi connectivity index (χ0n) is 13.1. The van der Waals surface area contributed by atoms with Gasteiger partial charge >= 0.3 is 0 Å². The number of nitrogens with zero attached hydrogens (tertiary/aromatic N) is 1. The lowest BCUT2D eigenvalue weighted by molar-refractivity contribution is -0.132. The molecule has 4 nitrogen and oxygen atoms in total. The summed E-state index contributed by atoms with van der Waals surface area (Å²) < 4.78 is 5.99. The number of rotatable bonds is 2. The minimum atomic E-state index is -0.664. The normalized spacial score (nSPS) is 43.1. The average Bonchev–Trinajstić information content (AvgIpc) is 2.62. The Bertz CT molecular complexity index is 404. The Morgan fingerprint density at radius 1 is 1.20 bits per heavy atom. The molecule has 3 saturated heterocycles. The summed E-state index contributed by atoms with van der Waals surface area (Å²) in [5.41, 5.74) is -1.06. The van der Waals surface area contributed by atoms with Crippen molar-refractivity contribution in [3.05, 3.63) is 0 Å². The van der Waals surface area contributed by atoms with Gasteiger partial charge in [0.05, 0.1) is 17.6 Å². The van der Waals surface area contributed by atoms with Crippen LogP contribution in [0, 0.1) is 5.92 Å². The van der Waals surface area contributed by atoms with Crippen molar-refractivity contribution >= 4 is 5.78 Å². The smallest absolute Gasteiger partial charge is 0.171 e. The molecular weight excluding hydrogens is 254 g/mol. The predicted octanol–water partition coefficient (Wildman–Crippen LogP) is 1.75. The van der Waals surface area contributed by atoms with Crippen LogP contribution in [0.4, 0.5) is 0 Å². The van der Waals surface area contributed by atoms with E-state index < -0.39 is 11.2 Å². The van der Waals surface area contributed by atoms with Crippen molar-refractivity contribution in [1.29, 1.82) is 0 Å². The summed E-state index contributed by atoms with van der Waals surface area (Å²) in [6.07, 6.45) is 3.90. The molecule has 0 aliphatic carbocycles. The van der Waals surface area contributed by atoms with Gasteiger partial charge in [-0.25, -0.2) is 0 Å². The highest BCUT2D eigenvalue weighted by Gasteiger charge is 2.55. The van der Waals surface area contributed by atoms with Crippen LogP contribution in [0.25, 0.3) is 0 Å². The summed E-state index contributed by atoms with van der Waals surface area (Å²) in [7, 11) is 0. The molecule has 4 heteroatoms. The van der Waals surface area contributed by atoms with E-state index in [0.29, 0.717) is 12.1 Å². The minimum absolute atomic E-state index is 0.0594. The number of hydrogen-bond acceptors (Lipinski definition) is 4. The molecule has 3 aliphatic heterocycles. The molecule has 3 fully saturated rings. The van der Waals surface area contributed by atoms with Gasteiger partial charge in [0.15, 0.2) is 5.78 Å². The number of ether oxygens (including phenoxy) is 1. The highest BCUT2D eigenvalue weighted by molar-refractivity contribution is 5.91. The fourth-order valence-corrected chi connectivity index (χ4v) is 4.57. The highest BCUT2D eigenvalue weighted by atomic mass is 16.5. The number of carbonyl (C=O) groups is 1. The summed E-state index contributed by atoms with van der Waals surface area (Å²) >= 11 is 0. The first-order chi connectivity index (χ1) is 9.21. The Labute approximate surface area is 121 Å². The molecule has 3 rings (SSSR count). The molecule has 3 aliphatic rings. The molecule has 0 amide bonds. The summed E-state index contributed by atoms with van der Waals surface area (Å²) in [4.78, 5) is 15.1. The second-order valence-corrected chi connectivity index (χ2v) is 7.84. The van der Waals surface area contributed by atoms with E-state index in [-0.39, 0.29) is 17.8 Å². The van der Waals surface area contributed by atoms with Crippen molar-refractivity contribution in [2.75, 3.05) is 6.54 Å². The number of aliphatic hydroxyl groups is 1. The summed E-state index contributed by atoms with van der Waals surface area (Å²) in [6, 6.07) is 0.909. The Balaban J connectivity index is 1.77. The van der Waals surface area contributed by atoms with Gasteiger partial charge < -0.3 is 9.84 Å². The minimum Gasteiger partial charge on any atom is -0.393 e. The first-order valence-corrected chi connectivity index (χ1v) is 7.89. The second-order valence-electron chi connectivity index (χ2n) is 7.84. The van der Waals surface area contributed by atoms with Crippen LogP contribution in [-0.4, -0.2) is 51.7 Å². The monoisotopic (exact) mass is 281 g/mol. The van der Waals surface area contributed by atoms with E-state index in [9.17, 15) is 9.90 Å². The van der Waals surface area contributed by atoms with Gasteiger partial charge in [-0.15, -0.1) is 0 Å². The molecule has 3 atom stereocenters. The lowest BCUT2D eigenvalue weighted by atomic mass is 9.84. The Morgan fingerprint density at radius 3 is 2.20 bits per heavy atom. The molecule has 0 aromatic rings. The van der Waals surface area contributed by atoms with Crippen LogP contribution in [-0.2, 0) is 9.53 Å². The SMILES string of the molecule is CC1(C)OC(C)(C)C(CN2C3CCC2CC(O)C3)C1=O. The summed E-state index contributed by atoms with van der Waals surface area (Å²) in [5, 5.41) is 9.89. The van der Waals surface area contributed by atoms with Gasteiger partial charge in [0, 0.05) is 18.6 Å². The molecule has 3 unspecified atom stereocenters. The quantitative estimate of drug-likeness (QED) is 0.838. The zero-order valence-corrected chi connectivity index (χ0v) is 13.1. The standard InChI is InChI=1S/C16H27NO3/c1-15(2)13(14(19)16(3,4)20-15)9-17-10-5-6-11(17)8-12(18)7-10/h10-13,18H,5-9H2,1-4H3. The van der Waals surface area contributed by atoms with Gasteiger partial charge in [-0.05, 0) is 53.4 Å². The van der Waals surface area contributed by atoms with Gasteiger partial charge in [0.25, 0.3) is 0 Å². The molecule has 0 spiro atoms.